The molecule has 0 radical (unpaired) electrons. The Kier molecular flexibility index (Phi) is 3.74. The van der Waals surface area contributed by atoms with Crippen LogP contribution in [-0.2, 0) is 13.0 Å². The van der Waals surface area contributed by atoms with Gasteiger partial charge in [0, 0.05) is 30.0 Å². The fourth-order valence-corrected chi connectivity index (χ4v) is 3.28. The average molecular weight is 307 g/mol. The van der Waals surface area contributed by atoms with Crippen molar-refractivity contribution in [1.82, 2.24) is 9.88 Å². The molecule has 1 N–H and O–H groups in total. The minimum absolute atomic E-state index is 0.152. The summed E-state index contributed by atoms with van der Waals surface area (Å²) in [5.74, 6) is 0.152. The maximum absolute atomic E-state index is 13.2. The molecule has 4 nitrogen and oxygen atoms in total. The fraction of sp³-hybridized carbons (Fsp3) is 0.368. The first-order valence-corrected chi connectivity index (χ1v) is 8.39. The number of fused-ring (bicyclic) bond motifs is 1. The molecule has 0 saturated heterocycles. The summed E-state index contributed by atoms with van der Waals surface area (Å²) in [5, 5.41) is 3.41. The molecule has 1 aromatic carbocycles. The zero-order valence-electron chi connectivity index (χ0n) is 13.2. The van der Waals surface area contributed by atoms with Crippen LogP contribution in [0.3, 0.4) is 0 Å². The molecular formula is C19H21N3O. The summed E-state index contributed by atoms with van der Waals surface area (Å²) in [4.78, 5) is 19.6. The van der Waals surface area contributed by atoms with E-state index < -0.39 is 0 Å². The SMILES string of the molecule is O=C(c1cccc2c1CCCN2)N(Cc1ccccn1)C1CC1. The Hall–Kier alpha value is -2.36. The number of pyridine rings is 1. The highest BCUT2D eigenvalue weighted by molar-refractivity contribution is 5.97. The van der Waals surface area contributed by atoms with Crippen molar-refractivity contribution in [1.29, 1.82) is 0 Å². The van der Waals surface area contributed by atoms with Gasteiger partial charge >= 0.3 is 0 Å². The third kappa shape index (κ3) is 2.93. The molecule has 4 rings (SSSR count). The zero-order chi connectivity index (χ0) is 15.6. The van der Waals surface area contributed by atoms with E-state index in [0.717, 1.165) is 49.2 Å². The zero-order valence-corrected chi connectivity index (χ0v) is 13.2. The number of carbonyl (C=O) groups is 1. The van der Waals surface area contributed by atoms with E-state index in [0.29, 0.717) is 12.6 Å². The molecule has 2 heterocycles. The quantitative estimate of drug-likeness (QED) is 0.943. The van der Waals surface area contributed by atoms with Crippen LogP contribution in [0.5, 0.6) is 0 Å². The van der Waals surface area contributed by atoms with E-state index in [1.807, 2.05) is 35.2 Å². The summed E-state index contributed by atoms with van der Waals surface area (Å²) in [5.41, 5.74) is 4.11. The lowest BCUT2D eigenvalue weighted by atomic mass is 9.96. The van der Waals surface area contributed by atoms with Gasteiger partial charge in [0.1, 0.15) is 0 Å². The van der Waals surface area contributed by atoms with Crippen LogP contribution in [0.15, 0.2) is 42.6 Å². The van der Waals surface area contributed by atoms with Gasteiger partial charge in [-0.1, -0.05) is 12.1 Å². The first-order chi connectivity index (χ1) is 11.3. The molecule has 1 aliphatic heterocycles. The van der Waals surface area contributed by atoms with Gasteiger partial charge in [-0.15, -0.1) is 0 Å². The van der Waals surface area contributed by atoms with Crippen LogP contribution in [0, 0.1) is 0 Å². The predicted molar refractivity (Wildman–Crippen MR) is 90.4 cm³/mol. The minimum Gasteiger partial charge on any atom is -0.385 e. The first kappa shape index (κ1) is 14.2. The Morgan fingerprint density at radius 1 is 1.22 bits per heavy atom. The van der Waals surface area contributed by atoms with Gasteiger partial charge in [-0.25, -0.2) is 0 Å². The number of rotatable bonds is 4. The minimum atomic E-state index is 0.152. The third-order valence-corrected chi connectivity index (χ3v) is 4.63. The van der Waals surface area contributed by atoms with Crippen LogP contribution in [0.25, 0.3) is 0 Å². The average Bonchev–Trinajstić information content (AvgIpc) is 3.44. The summed E-state index contributed by atoms with van der Waals surface area (Å²) in [6, 6.07) is 12.3. The molecular weight excluding hydrogens is 286 g/mol. The van der Waals surface area contributed by atoms with E-state index >= 15 is 0 Å². The van der Waals surface area contributed by atoms with Crippen LogP contribution in [0.1, 0.15) is 40.9 Å². The summed E-state index contributed by atoms with van der Waals surface area (Å²) in [6.45, 7) is 1.59. The van der Waals surface area contributed by atoms with Crippen molar-refractivity contribution in [3.63, 3.8) is 0 Å². The van der Waals surface area contributed by atoms with E-state index in [-0.39, 0.29) is 5.91 Å². The number of anilines is 1. The number of amides is 1. The van der Waals surface area contributed by atoms with Gasteiger partial charge in [-0.3, -0.25) is 9.78 Å². The second-order valence-corrected chi connectivity index (χ2v) is 6.35. The first-order valence-electron chi connectivity index (χ1n) is 8.39. The summed E-state index contributed by atoms with van der Waals surface area (Å²) in [7, 11) is 0. The summed E-state index contributed by atoms with van der Waals surface area (Å²) >= 11 is 0. The molecule has 0 atom stereocenters. The van der Waals surface area contributed by atoms with Crippen molar-refractivity contribution < 1.29 is 4.79 Å². The Labute approximate surface area is 136 Å². The maximum Gasteiger partial charge on any atom is 0.254 e. The monoisotopic (exact) mass is 307 g/mol. The fourth-order valence-electron chi connectivity index (χ4n) is 3.28. The van der Waals surface area contributed by atoms with E-state index in [1.165, 1.54) is 5.56 Å². The van der Waals surface area contributed by atoms with Crippen LogP contribution in [-0.4, -0.2) is 28.4 Å². The van der Waals surface area contributed by atoms with Gasteiger partial charge in [0.05, 0.1) is 12.2 Å². The lowest BCUT2D eigenvalue weighted by Gasteiger charge is -2.26. The highest BCUT2D eigenvalue weighted by Crippen LogP contribution is 2.32. The van der Waals surface area contributed by atoms with Gasteiger partial charge in [0.2, 0.25) is 0 Å². The van der Waals surface area contributed by atoms with Crippen molar-refractivity contribution in [2.45, 2.75) is 38.3 Å². The van der Waals surface area contributed by atoms with Crippen molar-refractivity contribution in [3.8, 4) is 0 Å². The van der Waals surface area contributed by atoms with Crippen molar-refractivity contribution in [2.75, 3.05) is 11.9 Å². The number of carbonyl (C=O) groups excluding carboxylic acids is 1. The predicted octanol–water partition coefficient (Wildman–Crippen LogP) is 3.24. The molecule has 0 unspecified atom stereocenters. The molecule has 0 spiro atoms. The topological polar surface area (TPSA) is 45.2 Å². The molecule has 23 heavy (non-hydrogen) atoms. The highest BCUT2D eigenvalue weighted by Gasteiger charge is 2.34. The molecule has 2 aliphatic rings. The Morgan fingerprint density at radius 2 is 2.13 bits per heavy atom. The van der Waals surface area contributed by atoms with Crippen molar-refractivity contribution in [2.24, 2.45) is 0 Å². The molecule has 4 heteroatoms. The number of nitrogens with zero attached hydrogens (tertiary/aromatic N) is 2. The number of benzene rings is 1. The third-order valence-electron chi connectivity index (χ3n) is 4.63. The molecule has 2 aromatic rings. The summed E-state index contributed by atoms with van der Waals surface area (Å²) < 4.78 is 0. The highest BCUT2D eigenvalue weighted by atomic mass is 16.2. The van der Waals surface area contributed by atoms with Gasteiger partial charge in [-0.05, 0) is 55.5 Å². The molecule has 0 bridgehead atoms. The van der Waals surface area contributed by atoms with Crippen molar-refractivity contribution in [3.05, 3.63) is 59.4 Å². The Morgan fingerprint density at radius 3 is 2.91 bits per heavy atom. The Bertz CT molecular complexity index is 710. The van der Waals surface area contributed by atoms with Crippen LogP contribution in [0.2, 0.25) is 0 Å². The normalized spacial score (nSPS) is 16.3. The van der Waals surface area contributed by atoms with Crippen LogP contribution in [0.4, 0.5) is 5.69 Å². The Balaban J connectivity index is 1.63. The molecule has 1 amide bonds. The number of hydrogen-bond donors (Lipinski definition) is 1. The van der Waals surface area contributed by atoms with E-state index in [4.69, 9.17) is 0 Å². The molecule has 1 fully saturated rings. The lowest BCUT2D eigenvalue weighted by molar-refractivity contribution is 0.0726. The molecule has 1 saturated carbocycles. The van der Waals surface area contributed by atoms with Gasteiger partial charge in [0.15, 0.2) is 0 Å². The smallest absolute Gasteiger partial charge is 0.254 e. The van der Waals surface area contributed by atoms with Crippen molar-refractivity contribution >= 4 is 11.6 Å². The largest absolute Gasteiger partial charge is 0.385 e. The lowest BCUT2D eigenvalue weighted by Crippen LogP contribution is -2.34. The number of aromatic nitrogens is 1. The van der Waals surface area contributed by atoms with Gasteiger partial charge in [-0.2, -0.15) is 0 Å². The van der Waals surface area contributed by atoms with E-state index in [2.05, 4.69) is 16.4 Å². The van der Waals surface area contributed by atoms with Gasteiger partial charge < -0.3 is 10.2 Å². The summed E-state index contributed by atoms with van der Waals surface area (Å²) in [6.07, 6.45) is 6.06. The molecule has 1 aromatic heterocycles. The van der Waals surface area contributed by atoms with Crippen LogP contribution < -0.4 is 5.32 Å². The molecule has 118 valence electrons. The van der Waals surface area contributed by atoms with E-state index in [9.17, 15) is 4.79 Å². The second kappa shape index (κ2) is 6.03. The second-order valence-electron chi connectivity index (χ2n) is 6.35. The van der Waals surface area contributed by atoms with E-state index in [1.54, 1.807) is 6.20 Å². The van der Waals surface area contributed by atoms with Gasteiger partial charge in [0.25, 0.3) is 5.91 Å². The number of nitrogens with one attached hydrogen (secondary N) is 1. The maximum atomic E-state index is 13.2. The molecule has 1 aliphatic carbocycles. The van der Waals surface area contributed by atoms with Crippen LogP contribution >= 0.6 is 0 Å². The standard InChI is InChI=1S/C19H21N3O/c23-19(17-6-3-8-18-16(17)7-4-12-21-18)22(15-9-10-15)13-14-5-1-2-11-20-14/h1-3,5-6,8,11,15,21H,4,7,9-10,12-13H2. The number of hydrogen-bond acceptors (Lipinski definition) is 3.